The van der Waals surface area contributed by atoms with Crippen LogP contribution in [0, 0.1) is 6.92 Å². The average molecular weight is 320 g/mol. The zero-order valence-electron chi connectivity index (χ0n) is 12.6. The molecule has 0 unspecified atom stereocenters. The summed E-state index contributed by atoms with van der Waals surface area (Å²) in [4.78, 5) is 22.7. The number of aryl methyl sites for hydroxylation is 1. The highest BCUT2D eigenvalue weighted by Gasteiger charge is 2.25. The van der Waals surface area contributed by atoms with E-state index in [4.69, 9.17) is 0 Å². The Morgan fingerprint density at radius 3 is 3.14 bits per heavy atom. The summed E-state index contributed by atoms with van der Waals surface area (Å²) in [5.41, 5.74) is 0.933. The quantitative estimate of drug-likeness (QED) is 0.904. The van der Waals surface area contributed by atoms with Crippen LogP contribution < -0.4 is 5.32 Å². The van der Waals surface area contributed by atoms with Crippen LogP contribution in [0.3, 0.4) is 0 Å². The van der Waals surface area contributed by atoms with Crippen LogP contribution >= 0.6 is 11.3 Å². The third-order valence-corrected chi connectivity index (χ3v) is 4.70. The van der Waals surface area contributed by atoms with Crippen molar-refractivity contribution in [2.24, 2.45) is 0 Å². The summed E-state index contributed by atoms with van der Waals surface area (Å²) in [6.45, 7) is 4.05. The molecule has 1 fully saturated rings. The fourth-order valence-corrected chi connectivity index (χ4v) is 3.48. The van der Waals surface area contributed by atoms with Crippen molar-refractivity contribution in [3.05, 3.63) is 23.7 Å². The molecule has 2 aromatic heterocycles. The van der Waals surface area contributed by atoms with Crippen LogP contribution in [0.25, 0.3) is 0 Å². The second-order valence-electron chi connectivity index (χ2n) is 5.58. The summed E-state index contributed by atoms with van der Waals surface area (Å²) >= 11 is 1.46. The van der Waals surface area contributed by atoms with Crippen molar-refractivity contribution >= 4 is 22.4 Å². The monoisotopic (exact) mass is 320 g/mol. The van der Waals surface area contributed by atoms with Crippen LogP contribution in [-0.2, 0) is 11.3 Å². The van der Waals surface area contributed by atoms with Crippen LogP contribution in [0.4, 0.5) is 5.13 Å². The van der Waals surface area contributed by atoms with E-state index < -0.39 is 0 Å². The van der Waals surface area contributed by atoms with E-state index in [1.165, 1.54) is 17.8 Å². The first kappa shape index (κ1) is 15.1. The zero-order chi connectivity index (χ0) is 15.4. The Balaban J connectivity index is 1.57. The van der Waals surface area contributed by atoms with Gasteiger partial charge in [-0.1, -0.05) is 6.42 Å². The van der Waals surface area contributed by atoms with Crippen LogP contribution in [0.1, 0.15) is 25.0 Å². The number of likely N-dealkylation sites (tertiary alicyclic amines) is 1. The third kappa shape index (κ3) is 3.89. The van der Waals surface area contributed by atoms with Gasteiger partial charge in [0.1, 0.15) is 12.7 Å². The zero-order valence-corrected chi connectivity index (χ0v) is 13.4. The van der Waals surface area contributed by atoms with Gasteiger partial charge < -0.3 is 5.32 Å². The van der Waals surface area contributed by atoms with Gasteiger partial charge in [0.25, 0.3) is 0 Å². The van der Waals surface area contributed by atoms with Crippen molar-refractivity contribution in [2.75, 3.05) is 18.4 Å². The molecule has 1 N–H and O–H groups in total. The van der Waals surface area contributed by atoms with Gasteiger partial charge in [0, 0.05) is 11.4 Å². The lowest BCUT2D eigenvalue weighted by molar-refractivity contribution is -0.118. The first-order chi connectivity index (χ1) is 10.7. The molecule has 1 amide bonds. The maximum absolute atomic E-state index is 12.2. The van der Waals surface area contributed by atoms with Gasteiger partial charge in [0.05, 0.1) is 18.8 Å². The number of nitrogens with one attached hydrogen (secondary N) is 1. The number of anilines is 1. The Kier molecular flexibility index (Phi) is 4.79. The van der Waals surface area contributed by atoms with E-state index in [1.807, 2.05) is 17.0 Å². The molecule has 0 spiro atoms. The topological polar surface area (TPSA) is 75.9 Å². The SMILES string of the molecule is Cc1csc(NC(=O)CN2CCCC[C@H]2Cn2cncn2)n1. The fraction of sp³-hybridized carbons (Fsp3) is 0.571. The van der Waals surface area contributed by atoms with Crippen LogP contribution in [0.15, 0.2) is 18.0 Å². The summed E-state index contributed by atoms with van der Waals surface area (Å²) in [6, 6.07) is 0.333. The number of carbonyl (C=O) groups excluding carboxylic acids is 1. The van der Waals surface area contributed by atoms with Crippen LogP contribution in [-0.4, -0.2) is 49.7 Å². The van der Waals surface area contributed by atoms with Gasteiger partial charge in [-0.05, 0) is 26.3 Å². The molecule has 22 heavy (non-hydrogen) atoms. The van der Waals surface area contributed by atoms with E-state index in [1.54, 1.807) is 12.7 Å². The lowest BCUT2D eigenvalue weighted by Crippen LogP contribution is -2.46. The minimum atomic E-state index is -0.000148. The Morgan fingerprint density at radius 2 is 2.41 bits per heavy atom. The molecule has 1 aliphatic rings. The molecule has 0 bridgehead atoms. The molecule has 118 valence electrons. The van der Waals surface area contributed by atoms with Crippen LogP contribution in [0.5, 0.6) is 0 Å². The van der Waals surface area contributed by atoms with Gasteiger partial charge >= 0.3 is 0 Å². The van der Waals surface area contributed by atoms with Gasteiger partial charge in [-0.2, -0.15) is 5.10 Å². The van der Waals surface area contributed by atoms with Crippen molar-refractivity contribution in [1.29, 1.82) is 0 Å². The van der Waals surface area contributed by atoms with E-state index >= 15 is 0 Å². The van der Waals surface area contributed by atoms with Crippen LogP contribution in [0.2, 0.25) is 0 Å². The lowest BCUT2D eigenvalue weighted by Gasteiger charge is -2.34. The second kappa shape index (κ2) is 6.97. The number of carbonyl (C=O) groups is 1. The number of aromatic nitrogens is 4. The largest absolute Gasteiger partial charge is 0.301 e. The molecule has 3 heterocycles. The molecule has 2 aromatic rings. The van der Waals surface area contributed by atoms with Gasteiger partial charge in [0.2, 0.25) is 5.91 Å². The molecular formula is C14H20N6OS. The number of rotatable bonds is 5. The molecular weight excluding hydrogens is 300 g/mol. The number of thiazole rings is 1. The normalized spacial score (nSPS) is 19.2. The van der Waals surface area contributed by atoms with E-state index in [9.17, 15) is 4.79 Å². The average Bonchev–Trinajstić information content (AvgIpc) is 3.13. The summed E-state index contributed by atoms with van der Waals surface area (Å²) < 4.78 is 1.84. The van der Waals surface area contributed by atoms with E-state index in [0.717, 1.165) is 31.6 Å². The van der Waals surface area contributed by atoms with E-state index in [2.05, 4.69) is 25.3 Å². The number of piperidine rings is 1. The van der Waals surface area contributed by atoms with Crippen molar-refractivity contribution in [1.82, 2.24) is 24.6 Å². The predicted octanol–water partition coefficient (Wildman–Crippen LogP) is 1.54. The predicted molar refractivity (Wildman–Crippen MR) is 84.7 cm³/mol. The highest BCUT2D eigenvalue weighted by atomic mass is 32.1. The smallest absolute Gasteiger partial charge is 0.240 e. The molecule has 1 aliphatic heterocycles. The van der Waals surface area contributed by atoms with Gasteiger partial charge in [-0.25, -0.2) is 9.97 Å². The number of hydrogen-bond acceptors (Lipinski definition) is 6. The first-order valence-corrected chi connectivity index (χ1v) is 8.37. The van der Waals surface area contributed by atoms with Gasteiger partial charge in [-0.3, -0.25) is 14.4 Å². The van der Waals surface area contributed by atoms with Gasteiger partial charge in [-0.15, -0.1) is 11.3 Å². The van der Waals surface area contributed by atoms with E-state index in [0.29, 0.717) is 17.7 Å². The molecule has 0 aromatic carbocycles. The Bertz CT molecular complexity index is 611. The summed E-state index contributed by atoms with van der Waals surface area (Å²) in [7, 11) is 0. The second-order valence-corrected chi connectivity index (χ2v) is 6.44. The number of amides is 1. The molecule has 1 saturated heterocycles. The van der Waals surface area contributed by atoms with Crippen molar-refractivity contribution in [3.8, 4) is 0 Å². The standard InChI is InChI=1S/C14H20N6OS/c1-11-8-22-14(17-11)18-13(21)7-19-5-3-2-4-12(19)6-20-10-15-9-16-20/h8-10,12H,2-7H2,1H3,(H,17,18,21)/t12-/m0/s1. The summed E-state index contributed by atoms with van der Waals surface area (Å²) in [5, 5.41) is 9.65. The minimum Gasteiger partial charge on any atom is -0.301 e. The third-order valence-electron chi connectivity index (χ3n) is 3.83. The Labute approximate surface area is 133 Å². The minimum absolute atomic E-state index is 0.000148. The molecule has 0 radical (unpaired) electrons. The number of nitrogens with zero attached hydrogens (tertiary/aromatic N) is 5. The lowest BCUT2D eigenvalue weighted by atomic mass is 10.0. The maximum Gasteiger partial charge on any atom is 0.240 e. The highest BCUT2D eigenvalue weighted by Crippen LogP contribution is 2.19. The molecule has 0 saturated carbocycles. The fourth-order valence-electron chi connectivity index (χ4n) is 2.77. The summed E-state index contributed by atoms with van der Waals surface area (Å²) in [6.07, 6.45) is 6.69. The molecule has 8 heteroatoms. The van der Waals surface area contributed by atoms with E-state index in [-0.39, 0.29) is 5.91 Å². The Morgan fingerprint density at radius 1 is 1.50 bits per heavy atom. The molecule has 7 nitrogen and oxygen atoms in total. The highest BCUT2D eigenvalue weighted by molar-refractivity contribution is 7.13. The van der Waals surface area contributed by atoms with Crippen molar-refractivity contribution in [2.45, 2.75) is 38.8 Å². The van der Waals surface area contributed by atoms with Crippen molar-refractivity contribution < 1.29 is 4.79 Å². The Hall–Kier alpha value is -1.80. The summed E-state index contributed by atoms with van der Waals surface area (Å²) in [5.74, 6) is -0.000148. The molecule has 3 rings (SSSR count). The number of hydrogen-bond donors (Lipinski definition) is 1. The van der Waals surface area contributed by atoms with Gasteiger partial charge in [0.15, 0.2) is 5.13 Å². The first-order valence-electron chi connectivity index (χ1n) is 7.49. The van der Waals surface area contributed by atoms with Crippen molar-refractivity contribution in [3.63, 3.8) is 0 Å². The maximum atomic E-state index is 12.2. The molecule has 0 aliphatic carbocycles. The molecule has 1 atom stereocenters.